The number of piperidine rings is 1. The predicted octanol–water partition coefficient (Wildman–Crippen LogP) is 2.67. The second kappa shape index (κ2) is 9.54. The minimum absolute atomic E-state index is 0.0502. The van der Waals surface area contributed by atoms with Crippen molar-refractivity contribution < 1.29 is 27.8 Å². The Bertz CT molecular complexity index is 1470. The van der Waals surface area contributed by atoms with Gasteiger partial charge >= 0.3 is 0 Å². The molecule has 3 aromatic heterocycles. The lowest BCUT2D eigenvalue weighted by Crippen LogP contribution is -2.56. The van der Waals surface area contributed by atoms with Crippen LogP contribution in [-0.2, 0) is 11.3 Å². The quantitative estimate of drug-likeness (QED) is 0.388. The maximum Gasteiger partial charge on any atom is 0.285 e. The van der Waals surface area contributed by atoms with Crippen molar-refractivity contribution in [2.45, 2.75) is 31.9 Å². The van der Waals surface area contributed by atoms with E-state index in [-0.39, 0.29) is 31.3 Å². The molecule has 13 heteroatoms. The molecule has 2 N–H and O–H groups in total. The van der Waals surface area contributed by atoms with Crippen LogP contribution in [0.25, 0.3) is 27.7 Å². The number of benzene rings is 1. The highest BCUT2D eigenvalue weighted by Crippen LogP contribution is 2.34. The van der Waals surface area contributed by atoms with Crippen LogP contribution in [0.3, 0.4) is 0 Å². The SMILES string of the molecule is COc1nc(N[C@@H]2CCN(C(=O)CO)CC2(F)F)nn2ccc(-c3ccc4nc(C)n(CCF)c4c3)c12. The van der Waals surface area contributed by atoms with E-state index in [9.17, 15) is 18.0 Å². The van der Waals surface area contributed by atoms with Crippen molar-refractivity contribution in [1.29, 1.82) is 0 Å². The molecular formula is C24H26F3N7O3. The third-order valence-corrected chi connectivity index (χ3v) is 6.62. The van der Waals surface area contributed by atoms with E-state index in [0.717, 1.165) is 27.1 Å². The van der Waals surface area contributed by atoms with E-state index in [1.165, 1.54) is 11.6 Å². The number of aliphatic hydroxyl groups excluding tert-OH is 1. The van der Waals surface area contributed by atoms with Gasteiger partial charge in [-0.05, 0) is 37.1 Å². The first-order valence-electron chi connectivity index (χ1n) is 11.8. The van der Waals surface area contributed by atoms with E-state index in [1.807, 2.05) is 35.8 Å². The molecule has 0 spiro atoms. The van der Waals surface area contributed by atoms with Gasteiger partial charge in [0.15, 0.2) is 0 Å². The molecule has 1 atom stereocenters. The fraction of sp³-hybridized carbons (Fsp3) is 0.417. The Morgan fingerprint density at radius 2 is 2.11 bits per heavy atom. The Kier molecular flexibility index (Phi) is 6.40. The number of methoxy groups -OCH3 is 1. The van der Waals surface area contributed by atoms with Crippen LogP contribution in [0.1, 0.15) is 12.2 Å². The van der Waals surface area contributed by atoms with Crippen LogP contribution in [0.2, 0.25) is 0 Å². The van der Waals surface area contributed by atoms with Gasteiger partial charge in [0, 0.05) is 18.3 Å². The number of ether oxygens (including phenoxy) is 1. The fourth-order valence-corrected chi connectivity index (χ4v) is 4.79. The molecular weight excluding hydrogens is 491 g/mol. The molecule has 0 radical (unpaired) electrons. The minimum atomic E-state index is -3.26. The first-order valence-corrected chi connectivity index (χ1v) is 11.8. The van der Waals surface area contributed by atoms with Crippen molar-refractivity contribution in [3.05, 3.63) is 36.3 Å². The van der Waals surface area contributed by atoms with Gasteiger partial charge in [0.2, 0.25) is 17.7 Å². The second-order valence-electron chi connectivity index (χ2n) is 8.89. The number of anilines is 1. The summed E-state index contributed by atoms with van der Waals surface area (Å²) in [6.07, 6.45) is 1.63. The maximum absolute atomic E-state index is 14.8. The standard InChI is InChI=1S/C24H26F3N7O3/c1-14-28-17-4-3-15(11-18(17)33(14)10-7-25)16-5-9-34-21(16)22(37-2)30-23(31-34)29-19-6-8-32(20(36)12-35)13-24(19,26)27/h3-5,9,11,19,35H,6-8,10,12-13H2,1-2H3,(H,29,31)/t19-/m1/s1. The normalized spacial score (nSPS) is 17.5. The molecule has 0 bridgehead atoms. The summed E-state index contributed by atoms with van der Waals surface area (Å²) in [5, 5.41) is 16.0. The van der Waals surface area contributed by atoms with Crippen LogP contribution in [0.15, 0.2) is 30.5 Å². The molecule has 1 aliphatic heterocycles. The molecule has 1 aliphatic rings. The highest BCUT2D eigenvalue weighted by atomic mass is 19.3. The summed E-state index contributed by atoms with van der Waals surface area (Å²) >= 11 is 0. The van der Waals surface area contributed by atoms with Gasteiger partial charge in [0.1, 0.15) is 24.6 Å². The number of aromatic nitrogens is 5. The molecule has 5 rings (SSSR count). The Morgan fingerprint density at radius 1 is 1.30 bits per heavy atom. The zero-order valence-corrected chi connectivity index (χ0v) is 20.3. The number of likely N-dealkylation sites (tertiary alicyclic amines) is 1. The van der Waals surface area contributed by atoms with Crippen molar-refractivity contribution in [2.75, 3.05) is 38.8 Å². The van der Waals surface area contributed by atoms with Crippen LogP contribution in [0.4, 0.5) is 19.1 Å². The highest BCUT2D eigenvalue weighted by molar-refractivity contribution is 5.90. The number of aliphatic hydroxyl groups is 1. The van der Waals surface area contributed by atoms with Crippen molar-refractivity contribution in [3.8, 4) is 17.0 Å². The van der Waals surface area contributed by atoms with Crippen molar-refractivity contribution in [1.82, 2.24) is 29.0 Å². The number of halogens is 3. The predicted molar refractivity (Wildman–Crippen MR) is 130 cm³/mol. The number of fused-ring (bicyclic) bond motifs is 2. The zero-order chi connectivity index (χ0) is 26.3. The van der Waals surface area contributed by atoms with Crippen LogP contribution in [0, 0.1) is 6.92 Å². The molecule has 1 amide bonds. The maximum atomic E-state index is 14.8. The highest BCUT2D eigenvalue weighted by Gasteiger charge is 2.46. The van der Waals surface area contributed by atoms with Crippen molar-refractivity contribution >= 4 is 28.4 Å². The molecule has 4 heterocycles. The monoisotopic (exact) mass is 517 g/mol. The lowest BCUT2D eigenvalue weighted by molar-refractivity contribution is -0.145. The summed E-state index contributed by atoms with van der Waals surface area (Å²) < 4.78 is 51.5. The number of nitrogens with zero attached hydrogens (tertiary/aromatic N) is 6. The molecule has 1 saturated heterocycles. The first-order chi connectivity index (χ1) is 17.7. The van der Waals surface area contributed by atoms with Crippen LogP contribution >= 0.6 is 0 Å². The topological polar surface area (TPSA) is 110 Å². The summed E-state index contributed by atoms with van der Waals surface area (Å²) in [5.74, 6) is -3.15. The van der Waals surface area contributed by atoms with Gasteiger partial charge in [-0.2, -0.15) is 4.98 Å². The van der Waals surface area contributed by atoms with E-state index in [0.29, 0.717) is 11.3 Å². The lowest BCUT2D eigenvalue weighted by atomic mass is 10.0. The minimum Gasteiger partial charge on any atom is -0.479 e. The molecule has 37 heavy (non-hydrogen) atoms. The Morgan fingerprint density at radius 3 is 2.81 bits per heavy atom. The third-order valence-electron chi connectivity index (χ3n) is 6.62. The van der Waals surface area contributed by atoms with Crippen molar-refractivity contribution in [3.63, 3.8) is 0 Å². The third kappa shape index (κ3) is 4.43. The number of imidazole rings is 1. The number of amides is 1. The Balaban J connectivity index is 1.48. The van der Waals surface area contributed by atoms with Gasteiger partial charge < -0.3 is 24.6 Å². The summed E-state index contributed by atoms with van der Waals surface area (Å²) in [7, 11) is 1.43. The molecule has 10 nitrogen and oxygen atoms in total. The van der Waals surface area contributed by atoms with E-state index in [1.54, 1.807) is 6.20 Å². The summed E-state index contributed by atoms with van der Waals surface area (Å²) in [6, 6.07) is 6.16. The zero-order valence-electron chi connectivity index (χ0n) is 20.3. The Labute approximate surface area is 209 Å². The lowest BCUT2D eigenvalue weighted by Gasteiger charge is -2.38. The second-order valence-corrected chi connectivity index (χ2v) is 8.89. The molecule has 0 unspecified atom stereocenters. The van der Waals surface area contributed by atoms with Crippen LogP contribution in [0.5, 0.6) is 5.88 Å². The van der Waals surface area contributed by atoms with E-state index in [2.05, 4.69) is 20.4 Å². The summed E-state index contributed by atoms with van der Waals surface area (Å²) in [6.45, 7) is -0.0443. The Hall–Kier alpha value is -3.87. The largest absolute Gasteiger partial charge is 0.479 e. The number of carbonyl (C=O) groups is 1. The number of alkyl halides is 3. The first kappa shape index (κ1) is 24.8. The van der Waals surface area contributed by atoms with Gasteiger partial charge in [0.05, 0.1) is 37.3 Å². The number of hydrogen-bond acceptors (Lipinski definition) is 7. The van der Waals surface area contributed by atoms with Gasteiger partial charge in [-0.3, -0.25) is 4.79 Å². The molecule has 196 valence electrons. The molecule has 4 aromatic rings. The number of hydrogen-bond donors (Lipinski definition) is 2. The van der Waals surface area contributed by atoms with E-state index in [4.69, 9.17) is 9.84 Å². The van der Waals surface area contributed by atoms with Gasteiger partial charge in [-0.15, -0.1) is 5.10 Å². The molecule has 0 aliphatic carbocycles. The summed E-state index contributed by atoms with van der Waals surface area (Å²) in [5.41, 5.74) is 3.64. The number of carbonyl (C=O) groups excluding carboxylic acids is 1. The molecule has 1 fully saturated rings. The molecule has 0 saturated carbocycles. The fourth-order valence-electron chi connectivity index (χ4n) is 4.79. The van der Waals surface area contributed by atoms with Gasteiger partial charge in [0.25, 0.3) is 5.92 Å². The van der Waals surface area contributed by atoms with E-state index < -0.39 is 37.7 Å². The average molecular weight is 518 g/mol. The average Bonchev–Trinajstić information content (AvgIpc) is 3.44. The number of nitrogens with one attached hydrogen (secondary N) is 1. The van der Waals surface area contributed by atoms with Gasteiger partial charge in [-0.25, -0.2) is 22.7 Å². The van der Waals surface area contributed by atoms with Crippen molar-refractivity contribution in [2.24, 2.45) is 0 Å². The van der Waals surface area contributed by atoms with Crippen LogP contribution in [-0.4, -0.2) is 85.5 Å². The van der Waals surface area contributed by atoms with E-state index >= 15 is 0 Å². The smallest absolute Gasteiger partial charge is 0.285 e. The van der Waals surface area contributed by atoms with Gasteiger partial charge in [-0.1, -0.05) is 6.07 Å². The molecule has 1 aromatic carbocycles. The summed E-state index contributed by atoms with van der Waals surface area (Å²) in [4.78, 5) is 21.4. The number of aryl methyl sites for hydroxylation is 2. The number of rotatable bonds is 7. The van der Waals surface area contributed by atoms with Crippen LogP contribution < -0.4 is 10.1 Å².